The molecule has 1 saturated carbocycles. The van der Waals surface area contributed by atoms with E-state index in [-0.39, 0.29) is 17.9 Å². The van der Waals surface area contributed by atoms with Gasteiger partial charge in [-0.1, -0.05) is 68.7 Å². The van der Waals surface area contributed by atoms with Gasteiger partial charge in [-0.05, 0) is 43.4 Å². The lowest BCUT2D eigenvalue weighted by molar-refractivity contribution is -0.143. The van der Waals surface area contributed by atoms with Gasteiger partial charge in [0.25, 0.3) is 5.91 Å². The molecule has 1 aliphatic carbocycles. The van der Waals surface area contributed by atoms with E-state index in [2.05, 4.69) is 17.4 Å². The van der Waals surface area contributed by atoms with Crippen molar-refractivity contribution < 1.29 is 28.7 Å². The van der Waals surface area contributed by atoms with Crippen LogP contribution < -0.4 is 10.1 Å². The minimum atomic E-state index is -0.701. The average Bonchev–Trinajstić information content (AvgIpc) is 2.94. The third-order valence-electron chi connectivity index (χ3n) is 6.79. The summed E-state index contributed by atoms with van der Waals surface area (Å²) in [6.45, 7) is 2.63. The minimum absolute atomic E-state index is 0.243. The van der Waals surface area contributed by atoms with Crippen molar-refractivity contribution in [2.45, 2.75) is 63.7 Å². The number of rotatable bonds is 11. The van der Waals surface area contributed by atoms with E-state index < -0.39 is 12.0 Å². The van der Waals surface area contributed by atoms with Crippen molar-refractivity contribution in [3.05, 3.63) is 65.7 Å². The summed E-state index contributed by atoms with van der Waals surface area (Å²) in [7, 11) is 1.51. The summed E-state index contributed by atoms with van der Waals surface area (Å²) in [5, 5.41) is 3.90. The van der Waals surface area contributed by atoms with Crippen LogP contribution in [0.4, 0.5) is 4.79 Å². The van der Waals surface area contributed by atoms with Crippen molar-refractivity contribution in [2.24, 2.45) is 0 Å². The van der Waals surface area contributed by atoms with Gasteiger partial charge in [-0.25, -0.2) is 4.79 Å². The molecular weight excluding hydrogens is 472 g/mol. The van der Waals surface area contributed by atoms with Crippen LogP contribution in [0.1, 0.15) is 74.2 Å². The van der Waals surface area contributed by atoms with Crippen LogP contribution in [0.5, 0.6) is 5.75 Å². The van der Waals surface area contributed by atoms with E-state index in [9.17, 15) is 14.4 Å². The number of esters is 1. The van der Waals surface area contributed by atoms with Crippen molar-refractivity contribution in [3.63, 3.8) is 0 Å². The number of hydroxylamine groups is 2. The zero-order valence-corrected chi connectivity index (χ0v) is 21.9. The molecule has 0 atom stereocenters. The first kappa shape index (κ1) is 28.0. The lowest BCUT2D eigenvalue weighted by Gasteiger charge is -2.40. The molecule has 3 rings (SSSR count). The van der Waals surface area contributed by atoms with Gasteiger partial charge >= 0.3 is 12.1 Å². The molecule has 37 heavy (non-hydrogen) atoms. The van der Waals surface area contributed by atoms with Crippen molar-refractivity contribution in [1.82, 2.24) is 10.4 Å². The number of hydrogen-bond acceptors (Lipinski definition) is 6. The van der Waals surface area contributed by atoms with Gasteiger partial charge in [-0.2, -0.15) is 5.06 Å². The maximum atomic E-state index is 13.7. The summed E-state index contributed by atoms with van der Waals surface area (Å²) in [6, 6.07) is 17.1. The predicted molar refractivity (Wildman–Crippen MR) is 140 cm³/mol. The molecule has 0 radical (unpaired) electrons. The number of benzene rings is 2. The van der Waals surface area contributed by atoms with Crippen LogP contribution in [0, 0.1) is 0 Å². The van der Waals surface area contributed by atoms with Gasteiger partial charge in [0.15, 0.2) is 0 Å². The molecule has 2 amide bonds. The zero-order valence-electron chi connectivity index (χ0n) is 21.9. The van der Waals surface area contributed by atoms with Gasteiger partial charge in [-0.3, -0.25) is 9.59 Å². The average molecular weight is 511 g/mol. The first-order valence-electron chi connectivity index (χ1n) is 13.1. The smallest absolute Gasteiger partial charge is 0.431 e. The zero-order chi connectivity index (χ0) is 26.5. The molecular formula is C29H38N2O6. The summed E-state index contributed by atoms with van der Waals surface area (Å²) in [4.78, 5) is 43.4. The van der Waals surface area contributed by atoms with Crippen molar-refractivity contribution >= 4 is 18.0 Å². The number of ether oxygens (including phenoxy) is 2. The molecule has 2 aromatic carbocycles. The van der Waals surface area contributed by atoms with E-state index in [1.807, 2.05) is 18.2 Å². The van der Waals surface area contributed by atoms with E-state index >= 15 is 0 Å². The molecule has 200 valence electrons. The highest BCUT2D eigenvalue weighted by Crippen LogP contribution is 2.40. The Morgan fingerprint density at radius 2 is 1.65 bits per heavy atom. The number of unbranched alkanes of at least 4 members (excludes halogenated alkanes) is 1. The Morgan fingerprint density at radius 3 is 2.35 bits per heavy atom. The third-order valence-corrected chi connectivity index (χ3v) is 6.79. The molecule has 1 aliphatic rings. The molecule has 0 aliphatic heterocycles. The van der Waals surface area contributed by atoms with E-state index in [0.29, 0.717) is 43.7 Å². The second-order valence-electron chi connectivity index (χ2n) is 9.34. The minimum Gasteiger partial charge on any atom is -0.496 e. The molecule has 0 saturated heterocycles. The van der Waals surface area contributed by atoms with E-state index in [4.69, 9.17) is 14.3 Å². The van der Waals surface area contributed by atoms with Gasteiger partial charge in [0, 0.05) is 18.4 Å². The number of hydrogen-bond donors (Lipinski definition) is 1. The maximum Gasteiger partial charge on any atom is 0.431 e. The maximum absolute atomic E-state index is 13.7. The van der Waals surface area contributed by atoms with Gasteiger partial charge in [0.1, 0.15) is 5.75 Å². The lowest BCUT2D eigenvalue weighted by atomic mass is 9.69. The number of nitrogens with zero attached hydrogens (tertiary/aromatic N) is 1. The van der Waals surface area contributed by atoms with Gasteiger partial charge < -0.3 is 19.6 Å². The van der Waals surface area contributed by atoms with Crippen molar-refractivity contribution in [1.29, 1.82) is 0 Å². The Kier molecular flexibility index (Phi) is 10.8. The fraction of sp³-hybridized carbons (Fsp3) is 0.483. The topological polar surface area (TPSA) is 94.2 Å². The highest BCUT2D eigenvalue weighted by Gasteiger charge is 2.39. The Bertz CT molecular complexity index is 1020. The molecule has 0 unspecified atom stereocenters. The summed E-state index contributed by atoms with van der Waals surface area (Å²) in [5.41, 5.74) is 1.15. The molecule has 2 aromatic rings. The first-order chi connectivity index (χ1) is 18.0. The molecule has 8 heteroatoms. The second-order valence-corrected chi connectivity index (χ2v) is 9.34. The molecule has 0 heterocycles. The van der Waals surface area contributed by atoms with Gasteiger partial charge in [-0.15, -0.1) is 0 Å². The normalized spacial score (nSPS) is 14.3. The SMILES string of the molecule is CCC(=O)OCCCCNC(=O)ON(CC1(c2ccccc2)CCCCC1)C(=O)c1ccccc1OC. The molecule has 0 aromatic heterocycles. The number of para-hydroxylation sites is 1. The number of amides is 2. The summed E-state index contributed by atoms with van der Waals surface area (Å²) >= 11 is 0. The van der Waals surface area contributed by atoms with Crippen molar-refractivity contribution in [3.8, 4) is 5.75 Å². The fourth-order valence-corrected chi connectivity index (χ4v) is 4.77. The van der Waals surface area contributed by atoms with Crippen LogP contribution in [0.25, 0.3) is 0 Å². The largest absolute Gasteiger partial charge is 0.496 e. The Hall–Kier alpha value is -3.55. The molecule has 1 fully saturated rings. The van der Waals surface area contributed by atoms with E-state index in [1.54, 1.807) is 31.2 Å². The summed E-state index contributed by atoms with van der Waals surface area (Å²) in [5.74, 6) is -0.256. The van der Waals surface area contributed by atoms with Gasteiger partial charge in [0.2, 0.25) is 0 Å². The highest BCUT2D eigenvalue weighted by molar-refractivity contribution is 5.97. The second kappa shape index (κ2) is 14.3. The van der Waals surface area contributed by atoms with Crippen molar-refractivity contribution in [2.75, 3.05) is 26.8 Å². The van der Waals surface area contributed by atoms with Crippen LogP contribution in [0.3, 0.4) is 0 Å². The van der Waals surface area contributed by atoms with Crippen LogP contribution in [0.2, 0.25) is 0 Å². The third kappa shape index (κ3) is 7.97. The van der Waals surface area contributed by atoms with Crippen LogP contribution in [0.15, 0.2) is 54.6 Å². The van der Waals surface area contributed by atoms with Gasteiger partial charge in [0.05, 0.1) is 25.8 Å². The van der Waals surface area contributed by atoms with E-state index in [1.165, 1.54) is 12.2 Å². The standard InChI is InChI=1S/C29H38N2O6/c1-3-26(32)36-21-13-12-20-30-28(34)37-31(27(33)24-16-8-9-17-25(24)35-2)22-29(18-10-5-11-19-29)23-14-6-4-7-15-23/h4,6-9,14-17H,3,5,10-13,18-22H2,1-2H3,(H,30,34). The molecule has 1 N–H and O–H groups in total. The Labute approximate surface area is 219 Å². The monoisotopic (exact) mass is 510 g/mol. The number of methoxy groups -OCH3 is 1. The first-order valence-corrected chi connectivity index (χ1v) is 13.1. The highest BCUT2D eigenvalue weighted by atomic mass is 16.7. The number of carbonyl (C=O) groups excluding carboxylic acids is 3. The molecule has 8 nitrogen and oxygen atoms in total. The van der Waals surface area contributed by atoms with E-state index in [0.717, 1.165) is 37.7 Å². The predicted octanol–water partition coefficient (Wildman–Crippen LogP) is 5.41. The molecule has 0 bridgehead atoms. The number of nitrogens with one attached hydrogen (secondary N) is 1. The van der Waals surface area contributed by atoms with Crippen LogP contribution >= 0.6 is 0 Å². The number of carbonyl (C=O) groups is 3. The van der Waals surface area contributed by atoms with Crippen LogP contribution in [-0.4, -0.2) is 49.8 Å². The summed E-state index contributed by atoms with van der Waals surface area (Å²) in [6.07, 6.45) is 5.89. The quantitative estimate of drug-likeness (QED) is 0.247. The Morgan fingerprint density at radius 1 is 0.946 bits per heavy atom. The Balaban J connectivity index is 1.74. The molecule has 0 spiro atoms. The fourth-order valence-electron chi connectivity index (χ4n) is 4.77. The summed E-state index contributed by atoms with van der Waals surface area (Å²) < 4.78 is 10.5. The lowest BCUT2D eigenvalue weighted by Crippen LogP contribution is -2.47. The van der Waals surface area contributed by atoms with Crippen LogP contribution in [-0.2, 0) is 19.8 Å².